The summed E-state index contributed by atoms with van der Waals surface area (Å²) in [5, 5.41) is 7.76. The van der Waals surface area contributed by atoms with Crippen molar-refractivity contribution in [2.75, 3.05) is 6.61 Å². The highest BCUT2D eigenvalue weighted by Gasteiger charge is 2.48. The highest BCUT2D eigenvalue weighted by atomic mass is 35.5. The summed E-state index contributed by atoms with van der Waals surface area (Å²) in [6.45, 7) is 5.75. The van der Waals surface area contributed by atoms with Gasteiger partial charge in [-0.1, -0.05) is 23.7 Å². The van der Waals surface area contributed by atoms with Crippen LogP contribution in [0.3, 0.4) is 0 Å². The molecule has 3 heterocycles. The van der Waals surface area contributed by atoms with Crippen molar-refractivity contribution < 1.29 is 23.5 Å². The number of rotatable bonds is 7. The van der Waals surface area contributed by atoms with E-state index in [0.29, 0.717) is 16.5 Å². The van der Waals surface area contributed by atoms with Gasteiger partial charge in [0.15, 0.2) is 5.69 Å². The van der Waals surface area contributed by atoms with Crippen molar-refractivity contribution in [1.82, 2.24) is 20.0 Å². The molecule has 1 aliphatic heterocycles. The zero-order chi connectivity index (χ0) is 24.5. The second-order valence-corrected chi connectivity index (χ2v) is 8.72. The molecule has 1 aliphatic rings. The number of esters is 1. The molecule has 0 unspecified atom stereocenters. The molecular weight excluding hydrogens is 460 g/mol. The van der Waals surface area contributed by atoms with Crippen LogP contribution in [0.25, 0.3) is 0 Å². The zero-order valence-corrected chi connectivity index (χ0v) is 19.9. The summed E-state index contributed by atoms with van der Waals surface area (Å²) in [5.41, 5.74) is -0.213. The number of ether oxygens (including phenoxy) is 1. The van der Waals surface area contributed by atoms with E-state index in [9.17, 15) is 14.4 Å². The number of hydrogen-bond acceptors (Lipinski definition) is 6. The number of carbonyl (C=O) groups excluding carboxylic acids is 3. The Morgan fingerprint density at radius 3 is 2.62 bits per heavy atom. The second-order valence-electron chi connectivity index (χ2n) is 8.28. The fourth-order valence-electron chi connectivity index (χ4n) is 3.90. The highest BCUT2D eigenvalue weighted by Crippen LogP contribution is 2.30. The number of carbonyl (C=O) groups is 3. The van der Waals surface area contributed by atoms with Crippen LogP contribution in [0, 0.1) is 6.92 Å². The van der Waals surface area contributed by atoms with Crippen molar-refractivity contribution >= 4 is 29.4 Å². The molecule has 178 valence electrons. The Kier molecular flexibility index (Phi) is 6.47. The van der Waals surface area contributed by atoms with Crippen LogP contribution in [-0.2, 0) is 29.2 Å². The Labute approximate surface area is 201 Å². The van der Waals surface area contributed by atoms with E-state index in [1.807, 2.05) is 12.1 Å². The molecule has 0 aliphatic carbocycles. The summed E-state index contributed by atoms with van der Waals surface area (Å²) in [6, 6.07) is 12.1. The van der Waals surface area contributed by atoms with Gasteiger partial charge in [0.25, 0.3) is 5.91 Å². The number of aromatic nitrogens is 2. The Morgan fingerprint density at radius 1 is 1.24 bits per heavy atom. The van der Waals surface area contributed by atoms with Gasteiger partial charge < -0.3 is 19.4 Å². The van der Waals surface area contributed by atoms with Crippen LogP contribution in [0.1, 0.15) is 51.9 Å². The van der Waals surface area contributed by atoms with E-state index in [2.05, 4.69) is 10.4 Å². The maximum atomic E-state index is 13.5. The number of benzene rings is 1. The van der Waals surface area contributed by atoms with Crippen LogP contribution in [0.2, 0.25) is 5.02 Å². The summed E-state index contributed by atoms with van der Waals surface area (Å²) in [5.74, 6) is -0.186. The van der Waals surface area contributed by atoms with Crippen molar-refractivity contribution in [2.45, 2.75) is 45.9 Å². The Hall–Kier alpha value is -3.59. The van der Waals surface area contributed by atoms with E-state index in [1.54, 1.807) is 45.0 Å². The van der Waals surface area contributed by atoms with Crippen LogP contribution < -0.4 is 5.32 Å². The maximum Gasteiger partial charge on any atom is 0.358 e. The summed E-state index contributed by atoms with van der Waals surface area (Å²) in [4.78, 5) is 40.6. The molecule has 0 bridgehead atoms. The predicted octanol–water partition coefficient (Wildman–Crippen LogP) is 3.35. The fourth-order valence-corrected chi connectivity index (χ4v) is 4.02. The molecule has 4 rings (SSSR count). The molecule has 2 amide bonds. The molecule has 0 radical (unpaired) electrons. The number of fused-ring (bicyclic) bond motifs is 1. The van der Waals surface area contributed by atoms with Crippen LogP contribution in [0.4, 0.5) is 0 Å². The number of nitrogens with zero attached hydrogens (tertiary/aromatic N) is 3. The van der Waals surface area contributed by atoms with Crippen molar-refractivity contribution in [3.05, 3.63) is 76.0 Å². The van der Waals surface area contributed by atoms with Crippen molar-refractivity contribution in [3.63, 3.8) is 0 Å². The smallest absolute Gasteiger partial charge is 0.358 e. The minimum atomic E-state index is -1.30. The van der Waals surface area contributed by atoms with Crippen LogP contribution in [0.5, 0.6) is 0 Å². The van der Waals surface area contributed by atoms with Gasteiger partial charge in [0.05, 0.1) is 19.7 Å². The first-order valence-electron chi connectivity index (χ1n) is 10.9. The van der Waals surface area contributed by atoms with Crippen LogP contribution >= 0.6 is 11.6 Å². The van der Waals surface area contributed by atoms with Gasteiger partial charge in [-0.3, -0.25) is 14.3 Å². The Morgan fingerprint density at radius 2 is 1.97 bits per heavy atom. The highest BCUT2D eigenvalue weighted by molar-refractivity contribution is 6.30. The minimum absolute atomic E-state index is 0.0183. The topological polar surface area (TPSA) is 107 Å². The van der Waals surface area contributed by atoms with E-state index in [1.165, 1.54) is 15.6 Å². The van der Waals surface area contributed by atoms with Gasteiger partial charge in [-0.25, -0.2) is 4.79 Å². The van der Waals surface area contributed by atoms with Crippen LogP contribution in [-0.4, -0.2) is 44.6 Å². The first-order valence-corrected chi connectivity index (χ1v) is 11.2. The number of amides is 2. The third kappa shape index (κ3) is 4.56. The fraction of sp³-hybridized carbons (Fsp3) is 0.333. The van der Waals surface area contributed by atoms with Crippen molar-refractivity contribution in [3.8, 4) is 0 Å². The quantitative estimate of drug-likeness (QED) is 0.515. The number of aryl methyl sites for hydroxylation is 1. The summed E-state index contributed by atoms with van der Waals surface area (Å²) < 4.78 is 12.1. The van der Waals surface area contributed by atoms with Gasteiger partial charge in [-0.2, -0.15) is 5.10 Å². The van der Waals surface area contributed by atoms with Gasteiger partial charge in [0, 0.05) is 17.6 Å². The van der Waals surface area contributed by atoms with E-state index >= 15 is 0 Å². The maximum absolute atomic E-state index is 13.5. The van der Waals surface area contributed by atoms with Gasteiger partial charge >= 0.3 is 5.97 Å². The molecule has 9 nitrogen and oxygen atoms in total. The molecule has 1 N–H and O–H groups in total. The van der Waals surface area contributed by atoms with E-state index in [-0.39, 0.29) is 43.5 Å². The standard InChI is InChI=1S/C24H25ClN4O5/c1-4-33-22(31)19-11-20-21(30)28(13-18-10-5-15(2)34-18)24(3,14-29(20)27-19)23(32)26-12-16-6-8-17(25)9-7-16/h5-11H,4,12-14H2,1-3H3,(H,26,32)/t24-/m0/s1. The predicted molar refractivity (Wildman–Crippen MR) is 123 cm³/mol. The Balaban J connectivity index is 1.65. The molecule has 0 fully saturated rings. The molecule has 10 heteroatoms. The second kappa shape index (κ2) is 9.34. The first kappa shape index (κ1) is 23.6. The van der Waals surface area contributed by atoms with Crippen molar-refractivity contribution in [1.29, 1.82) is 0 Å². The summed E-state index contributed by atoms with van der Waals surface area (Å²) in [7, 11) is 0. The van der Waals surface area contributed by atoms with Gasteiger partial charge in [0.2, 0.25) is 5.91 Å². The lowest BCUT2D eigenvalue weighted by molar-refractivity contribution is -0.133. The molecule has 3 aromatic rings. The summed E-state index contributed by atoms with van der Waals surface area (Å²) >= 11 is 5.94. The van der Waals surface area contributed by atoms with Crippen LogP contribution in [0.15, 0.2) is 46.9 Å². The number of hydrogen-bond donors (Lipinski definition) is 1. The molecule has 34 heavy (non-hydrogen) atoms. The Bertz CT molecular complexity index is 1230. The molecule has 1 atom stereocenters. The minimum Gasteiger partial charge on any atom is -0.464 e. The summed E-state index contributed by atoms with van der Waals surface area (Å²) in [6.07, 6.45) is 0. The average molecular weight is 485 g/mol. The monoisotopic (exact) mass is 484 g/mol. The van der Waals surface area contributed by atoms with Crippen molar-refractivity contribution in [2.24, 2.45) is 0 Å². The zero-order valence-electron chi connectivity index (χ0n) is 19.1. The van der Waals surface area contributed by atoms with E-state index in [4.69, 9.17) is 20.8 Å². The van der Waals surface area contributed by atoms with Gasteiger partial charge in [-0.15, -0.1) is 0 Å². The lowest BCUT2D eigenvalue weighted by Gasteiger charge is -2.42. The third-order valence-electron chi connectivity index (χ3n) is 5.75. The first-order chi connectivity index (χ1) is 16.2. The average Bonchev–Trinajstić information content (AvgIpc) is 3.42. The number of nitrogens with one attached hydrogen (secondary N) is 1. The normalized spacial score (nSPS) is 17.4. The molecule has 0 saturated carbocycles. The third-order valence-corrected chi connectivity index (χ3v) is 6.00. The number of furan rings is 1. The van der Waals surface area contributed by atoms with Gasteiger partial charge in [-0.05, 0) is 50.6 Å². The SMILES string of the molecule is CCOC(=O)c1cc2n(n1)C[C@@](C)(C(=O)NCc1ccc(Cl)cc1)N(Cc1ccc(C)o1)C2=O. The number of halogens is 1. The van der Waals surface area contributed by atoms with Gasteiger partial charge in [0.1, 0.15) is 22.8 Å². The molecule has 1 aromatic carbocycles. The molecule has 0 spiro atoms. The van der Waals surface area contributed by atoms with E-state index in [0.717, 1.165) is 5.56 Å². The molecule has 2 aromatic heterocycles. The largest absolute Gasteiger partial charge is 0.464 e. The van der Waals surface area contributed by atoms with E-state index < -0.39 is 17.4 Å². The molecule has 0 saturated heterocycles. The lowest BCUT2D eigenvalue weighted by Crippen LogP contribution is -2.63. The molecular formula is C24H25ClN4O5. The lowest BCUT2D eigenvalue weighted by atomic mass is 9.94.